The van der Waals surface area contributed by atoms with Crippen LogP contribution >= 0.6 is 35.6 Å². The van der Waals surface area contributed by atoms with Crippen LogP contribution < -0.4 is 15.5 Å². The fraction of sp³-hybridized carbons (Fsp3) is 0.650. The molecule has 2 N–H and O–H groups in total. The molecule has 1 aromatic carbocycles. The number of rotatable bonds is 5. The molecule has 28 heavy (non-hydrogen) atoms. The largest absolute Gasteiger partial charge is 0.379 e. The third-order valence-corrected chi connectivity index (χ3v) is 5.72. The van der Waals surface area contributed by atoms with Crippen molar-refractivity contribution in [2.24, 2.45) is 4.99 Å². The van der Waals surface area contributed by atoms with Crippen LogP contribution in [0.3, 0.4) is 0 Å². The minimum atomic E-state index is 0. The number of aliphatic imine (C=N–C) groups is 1. The predicted molar refractivity (Wildman–Crippen MR) is 128 cm³/mol. The zero-order valence-corrected chi connectivity index (χ0v) is 20.2. The average molecular weight is 522 g/mol. The second kappa shape index (κ2) is 10.8. The van der Waals surface area contributed by atoms with Crippen LogP contribution in [-0.2, 0) is 4.74 Å². The van der Waals surface area contributed by atoms with Crippen molar-refractivity contribution >= 4 is 47.2 Å². The number of anilines is 1. The van der Waals surface area contributed by atoms with E-state index >= 15 is 0 Å². The van der Waals surface area contributed by atoms with Gasteiger partial charge in [0.15, 0.2) is 5.96 Å². The van der Waals surface area contributed by atoms with E-state index in [-0.39, 0.29) is 29.5 Å². The first-order valence-electron chi connectivity index (χ1n) is 9.78. The standard InChI is InChI=1S/C20H32ClN5O.HI/c1-20(2,26-9-11-27-12-10-26)15-23-19(22-3)24-17-7-8-25(14-17)18-6-4-5-16(21)13-18;/h4-6,13,17H,7-12,14-15H2,1-3H3,(H2,22,23,24);1H. The summed E-state index contributed by atoms with van der Waals surface area (Å²) < 4.78 is 5.47. The van der Waals surface area contributed by atoms with Gasteiger partial charge in [0.05, 0.1) is 13.2 Å². The van der Waals surface area contributed by atoms with Gasteiger partial charge < -0.3 is 20.3 Å². The Kier molecular flexibility index (Phi) is 9.11. The van der Waals surface area contributed by atoms with Gasteiger partial charge in [-0.25, -0.2) is 0 Å². The molecule has 0 radical (unpaired) electrons. The maximum absolute atomic E-state index is 6.13. The third-order valence-electron chi connectivity index (χ3n) is 5.48. The van der Waals surface area contributed by atoms with Gasteiger partial charge in [0.2, 0.25) is 0 Å². The number of ether oxygens (including phenoxy) is 1. The Bertz CT molecular complexity index is 651. The molecule has 2 fully saturated rings. The molecular weight excluding hydrogens is 489 g/mol. The number of nitrogens with one attached hydrogen (secondary N) is 2. The first-order chi connectivity index (χ1) is 13.0. The molecule has 2 aliphatic heterocycles. The Hall–Kier alpha value is -0.770. The molecule has 2 saturated heterocycles. The number of hydrogen-bond donors (Lipinski definition) is 2. The molecule has 158 valence electrons. The molecule has 0 bridgehead atoms. The lowest BCUT2D eigenvalue weighted by molar-refractivity contribution is -0.00834. The Labute approximate surface area is 191 Å². The smallest absolute Gasteiger partial charge is 0.191 e. The van der Waals surface area contributed by atoms with Gasteiger partial charge in [-0.15, -0.1) is 24.0 Å². The van der Waals surface area contributed by atoms with E-state index in [0.717, 1.165) is 63.3 Å². The summed E-state index contributed by atoms with van der Waals surface area (Å²) in [7, 11) is 1.83. The summed E-state index contributed by atoms with van der Waals surface area (Å²) >= 11 is 6.13. The number of nitrogens with zero attached hydrogens (tertiary/aromatic N) is 3. The highest BCUT2D eigenvalue weighted by atomic mass is 127. The van der Waals surface area contributed by atoms with Gasteiger partial charge in [-0.2, -0.15) is 0 Å². The normalized spacial score (nSPS) is 21.4. The van der Waals surface area contributed by atoms with E-state index in [1.807, 2.05) is 25.2 Å². The molecule has 0 amide bonds. The first kappa shape index (κ1) is 23.5. The zero-order valence-electron chi connectivity index (χ0n) is 17.1. The Balaban J connectivity index is 0.00000280. The van der Waals surface area contributed by atoms with Crippen molar-refractivity contribution in [2.75, 3.05) is 57.9 Å². The van der Waals surface area contributed by atoms with Crippen LogP contribution in [0.5, 0.6) is 0 Å². The predicted octanol–water partition coefficient (Wildman–Crippen LogP) is 2.81. The molecule has 2 heterocycles. The van der Waals surface area contributed by atoms with Crippen LogP contribution in [0.25, 0.3) is 0 Å². The summed E-state index contributed by atoms with van der Waals surface area (Å²) in [4.78, 5) is 9.27. The van der Waals surface area contributed by atoms with Crippen LogP contribution in [0.2, 0.25) is 5.02 Å². The Morgan fingerprint density at radius 1 is 1.29 bits per heavy atom. The molecule has 2 aliphatic rings. The minimum absolute atomic E-state index is 0. The molecule has 1 atom stereocenters. The van der Waals surface area contributed by atoms with Gasteiger partial charge in [-0.3, -0.25) is 9.89 Å². The molecule has 0 spiro atoms. The maximum Gasteiger partial charge on any atom is 0.191 e. The summed E-state index contributed by atoms with van der Waals surface area (Å²) in [5.41, 5.74) is 1.24. The molecule has 8 heteroatoms. The molecule has 0 aromatic heterocycles. The fourth-order valence-electron chi connectivity index (χ4n) is 3.75. The van der Waals surface area contributed by atoms with Crippen molar-refractivity contribution in [3.8, 4) is 0 Å². The third kappa shape index (κ3) is 6.37. The lowest BCUT2D eigenvalue weighted by Gasteiger charge is -2.41. The van der Waals surface area contributed by atoms with Crippen molar-refractivity contribution < 1.29 is 4.74 Å². The molecule has 1 unspecified atom stereocenters. The SMILES string of the molecule is CN=C(NCC(C)(C)N1CCOCC1)NC1CCN(c2cccc(Cl)c2)C1.I. The lowest BCUT2D eigenvalue weighted by atomic mass is 10.0. The van der Waals surface area contributed by atoms with Gasteiger partial charge >= 0.3 is 0 Å². The van der Waals surface area contributed by atoms with Crippen molar-refractivity contribution in [1.82, 2.24) is 15.5 Å². The second-order valence-electron chi connectivity index (χ2n) is 7.89. The summed E-state index contributed by atoms with van der Waals surface area (Å²) in [5, 5.41) is 7.87. The van der Waals surface area contributed by atoms with Crippen LogP contribution in [-0.4, -0.2) is 75.4 Å². The molecule has 1 aromatic rings. The number of benzene rings is 1. The quantitative estimate of drug-likeness (QED) is 0.355. The van der Waals surface area contributed by atoms with E-state index in [0.29, 0.717) is 6.04 Å². The van der Waals surface area contributed by atoms with Crippen molar-refractivity contribution in [3.05, 3.63) is 29.3 Å². The van der Waals surface area contributed by atoms with Gasteiger partial charge in [-0.05, 0) is 38.5 Å². The van der Waals surface area contributed by atoms with Crippen molar-refractivity contribution in [1.29, 1.82) is 0 Å². The molecule has 0 aliphatic carbocycles. The number of morpholine rings is 1. The van der Waals surface area contributed by atoms with E-state index < -0.39 is 0 Å². The summed E-state index contributed by atoms with van der Waals surface area (Å²) in [5.74, 6) is 0.870. The average Bonchev–Trinajstić information content (AvgIpc) is 3.14. The van der Waals surface area contributed by atoms with Gasteiger partial charge in [0, 0.05) is 62.1 Å². The van der Waals surface area contributed by atoms with E-state index in [2.05, 4.69) is 45.3 Å². The van der Waals surface area contributed by atoms with Crippen molar-refractivity contribution in [3.63, 3.8) is 0 Å². The maximum atomic E-state index is 6.13. The van der Waals surface area contributed by atoms with Crippen LogP contribution in [0.1, 0.15) is 20.3 Å². The first-order valence-corrected chi connectivity index (χ1v) is 10.2. The lowest BCUT2D eigenvalue weighted by Crippen LogP contribution is -2.57. The fourth-order valence-corrected chi connectivity index (χ4v) is 3.94. The van der Waals surface area contributed by atoms with E-state index in [1.165, 1.54) is 5.69 Å². The molecular formula is C20H33ClIN5O. The molecule has 6 nitrogen and oxygen atoms in total. The number of guanidine groups is 1. The Morgan fingerprint density at radius 2 is 2.04 bits per heavy atom. The molecule has 3 rings (SSSR count). The summed E-state index contributed by atoms with van der Waals surface area (Å²) in [6.45, 7) is 11.0. The number of halogens is 2. The summed E-state index contributed by atoms with van der Waals surface area (Å²) in [6.07, 6.45) is 1.08. The zero-order chi connectivity index (χ0) is 19.3. The highest BCUT2D eigenvalue weighted by Gasteiger charge is 2.29. The minimum Gasteiger partial charge on any atom is -0.379 e. The van der Waals surface area contributed by atoms with Crippen LogP contribution in [0.15, 0.2) is 29.3 Å². The Morgan fingerprint density at radius 3 is 2.71 bits per heavy atom. The van der Waals surface area contributed by atoms with Gasteiger partial charge in [-0.1, -0.05) is 17.7 Å². The van der Waals surface area contributed by atoms with Crippen LogP contribution in [0, 0.1) is 0 Å². The monoisotopic (exact) mass is 521 g/mol. The van der Waals surface area contributed by atoms with Crippen molar-refractivity contribution in [2.45, 2.75) is 31.8 Å². The molecule has 0 saturated carbocycles. The van der Waals surface area contributed by atoms with Gasteiger partial charge in [0.1, 0.15) is 0 Å². The van der Waals surface area contributed by atoms with E-state index in [4.69, 9.17) is 16.3 Å². The van der Waals surface area contributed by atoms with E-state index in [1.54, 1.807) is 0 Å². The van der Waals surface area contributed by atoms with E-state index in [9.17, 15) is 0 Å². The topological polar surface area (TPSA) is 52.1 Å². The summed E-state index contributed by atoms with van der Waals surface area (Å²) in [6, 6.07) is 8.45. The second-order valence-corrected chi connectivity index (χ2v) is 8.33. The van der Waals surface area contributed by atoms with Crippen LogP contribution in [0.4, 0.5) is 5.69 Å². The highest BCUT2D eigenvalue weighted by Crippen LogP contribution is 2.23. The van der Waals surface area contributed by atoms with Gasteiger partial charge in [0.25, 0.3) is 0 Å². The number of hydrogen-bond acceptors (Lipinski definition) is 4. The highest BCUT2D eigenvalue weighted by molar-refractivity contribution is 14.0.